The second kappa shape index (κ2) is 6.83. The van der Waals surface area contributed by atoms with Crippen LogP contribution < -0.4 is 0 Å². The molecule has 0 saturated carbocycles. The number of benzene rings is 2. The molecule has 0 heterocycles. The number of rotatable bonds is 3. The average molecular weight is 283 g/mol. The lowest BCUT2D eigenvalue weighted by Crippen LogP contribution is -2.03. The van der Waals surface area contributed by atoms with Gasteiger partial charge >= 0.3 is 0 Å². The summed E-state index contributed by atoms with van der Waals surface area (Å²) in [5.74, 6) is 0.562. The molecule has 20 heavy (non-hydrogen) atoms. The molecule has 3 heteroatoms. The molecule has 0 aliphatic heterocycles. The van der Waals surface area contributed by atoms with Gasteiger partial charge in [-0.3, -0.25) is 0 Å². The van der Waals surface area contributed by atoms with E-state index in [2.05, 4.69) is 16.6 Å². The first-order valence-corrected chi connectivity index (χ1v) is 6.64. The van der Waals surface area contributed by atoms with E-state index in [0.29, 0.717) is 5.84 Å². The van der Waals surface area contributed by atoms with Gasteiger partial charge in [-0.15, -0.1) is 0 Å². The summed E-state index contributed by atoms with van der Waals surface area (Å²) in [4.78, 5) is 8.79. The SMILES string of the molecule is C=C(Cl)/N=C(\N=C(/C)c1ccccc1)c1ccccc1. The Kier molecular flexibility index (Phi) is 4.85. The second-order valence-corrected chi connectivity index (χ2v) is 4.68. The molecule has 2 aromatic carbocycles. The van der Waals surface area contributed by atoms with Crippen LogP contribution in [-0.4, -0.2) is 11.5 Å². The first-order chi connectivity index (χ1) is 9.66. The fourth-order valence-corrected chi connectivity index (χ4v) is 1.84. The van der Waals surface area contributed by atoms with E-state index < -0.39 is 0 Å². The number of aliphatic imine (C=N–C) groups is 2. The summed E-state index contributed by atoms with van der Waals surface area (Å²) in [6.07, 6.45) is 0. The number of hydrogen-bond acceptors (Lipinski definition) is 1. The van der Waals surface area contributed by atoms with Crippen LogP contribution in [0.25, 0.3) is 0 Å². The predicted octanol–water partition coefficient (Wildman–Crippen LogP) is 4.65. The average Bonchev–Trinajstić information content (AvgIpc) is 2.48. The molecule has 0 N–H and O–H groups in total. The van der Waals surface area contributed by atoms with Crippen molar-refractivity contribution in [3.63, 3.8) is 0 Å². The molecule has 0 amide bonds. The summed E-state index contributed by atoms with van der Waals surface area (Å²) >= 11 is 5.80. The Morgan fingerprint density at radius 3 is 1.85 bits per heavy atom. The van der Waals surface area contributed by atoms with Crippen LogP contribution in [0.1, 0.15) is 18.1 Å². The Labute approximate surface area is 124 Å². The van der Waals surface area contributed by atoms with Crippen molar-refractivity contribution < 1.29 is 0 Å². The molecule has 100 valence electrons. The fraction of sp³-hybridized carbons (Fsp3) is 0.0588. The van der Waals surface area contributed by atoms with Crippen molar-refractivity contribution in [1.29, 1.82) is 0 Å². The van der Waals surface area contributed by atoms with E-state index in [1.165, 1.54) is 0 Å². The van der Waals surface area contributed by atoms with Crippen molar-refractivity contribution in [3.05, 3.63) is 83.5 Å². The Morgan fingerprint density at radius 2 is 1.35 bits per heavy atom. The maximum atomic E-state index is 5.80. The number of hydrogen-bond donors (Lipinski definition) is 0. The molecule has 2 nitrogen and oxygen atoms in total. The zero-order valence-electron chi connectivity index (χ0n) is 11.3. The smallest absolute Gasteiger partial charge is 0.161 e. The van der Waals surface area contributed by atoms with E-state index in [1.807, 2.05) is 67.6 Å². The molecule has 0 saturated heterocycles. The highest BCUT2D eigenvalue weighted by molar-refractivity contribution is 6.30. The first kappa shape index (κ1) is 14.2. The van der Waals surface area contributed by atoms with Gasteiger partial charge in [-0.1, -0.05) is 78.8 Å². The second-order valence-electron chi connectivity index (χ2n) is 4.24. The summed E-state index contributed by atoms with van der Waals surface area (Å²) in [5, 5.41) is 0.216. The third kappa shape index (κ3) is 3.90. The molecule has 0 aliphatic carbocycles. The fourth-order valence-electron chi connectivity index (χ4n) is 1.76. The molecule has 0 aliphatic rings. The molecule has 0 aromatic heterocycles. The zero-order chi connectivity index (χ0) is 14.4. The van der Waals surface area contributed by atoms with Crippen LogP contribution in [0.5, 0.6) is 0 Å². The van der Waals surface area contributed by atoms with E-state index in [1.54, 1.807) is 0 Å². The van der Waals surface area contributed by atoms with Crippen LogP contribution in [-0.2, 0) is 0 Å². The van der Waals surface area contributed by atoms with E-state index in [9.17, 15) is 0 Å². The highest BCUT2D eigenvalue weighted by atomic mass is 35.5. The van der Waals surface area contributed by atoms with Crippen molar-refractivity contribution in [2.75, 3.05) is 0 Å². The van der Waals surface area contributed by atoms with Crippen molar-refractivity contribution in [3.8, 4) is 0 Å². The summed E-state index contributed by atoms with van der Waals surface area (Å²) < 4.78 is 0. The summed E-state index contributed by atoms with van der Waals surface area (Å²) in [6, 6.07) is 19.7. The minimum absolute atomic E-state index is 0.216. The summed E-state index contributed by atoms with van der Waals surface area (Å²) in [7, 11) is 0. The van der Waals surface area contributed by atoms with Gasteiger partial charge in [0, 0.05) is 11.3 Å². The molecule has 0 unspecified atom stereocenters. The maximum Gasteiger partial charge on any atom is 0.161 e. The lowest BCUT2D eigenvalue weighted by atomic mass is 10.1. The van der Waals surface area contributed by atoms with Crippen LogP contribution in [0.3, 0.4) is 0 Å². The molecule has 2 aromatic rings. The van der Waals surface area contributed by atoms with Gasteiger partial charge in [-0.25, -0.2) is 9.98 Å². The van der Waals surface area contributed by atoms with Crippen LogP contribution in [0, 0.1) is 0 Å². The summed E-state index contributed by atoms with van der Waals surface area (Å²) in [6.45, 7) is 5.56. The van der Waals surface area contributed by atoms with Gasteiger partial charge in [0.05, 0.1) is 0 Å². The molecule has 0 atom stereocenters. The van der Waals surface area contributed by atoms with E-state index in [-0.39, 0.29) is 5.16 Å². The Bertz CT molecular complexity index is 643. The van der Waals surface area contributed by atoms with Crippen LogP contribution in [0.15, 0.2) is 82.4 Å². The van der Waals surface area contributed by atoms with E-state index >= 15 is 0 Å². The standard InChI is InChI=1S/C17H15ClN2/c1-13(15-9-5-3-6-10-15)19-17(20-14(2)18)16-11-7-4-8-12-16/h3-12H,2H2,1H3/b19-13+,20-17-. The molecule has 0 bridgehead atoms. The third-order valence-electron chi connectivity index (χ3n) is 2.72. The van der Waals surface area contributed by atoms with Gasteiger partial charge in [-0.2, -0.15) is 0 Å². The van der Waals surface area contributed by atoms with Gasteiger partial charge in [0.15, 0.2) is 5.84 Å². The van der Waals surface area contributed by atoms with Gasteiger partial charge in [-0.05, 0) is 12.5 Å². The van der Waals surface area contributed by atoms with Crippen molar-refractivity contribution in [1.82, 2.24) is 0 Å². The van der Waals surface area contributed by atoms with Crippen LogP contribution in [0.2, 0.25) is 0 Å². The quantitative estimate of drug-likeness (QED) is 0.445. The predicted molar refractivity (Wildman–Crippen MR) is 86.6 cm³/mol. The molecular formula is C17H15ClN2. The molecule has 0 fully saturated rings. The highest BCUT2D eigenvalue weighted by Gasteiger charge is 2.04. The topological polar surface area (TPSA) is 24.7 Å². The largest absolute Gasteiger partial charge is 0.233 e. The van der Waals surface area contributed by atoms with Crippen molar-refractivity contribution >= 4 is 23.1 Å². The maximum absolute atomic E-state index is 5.80. The highest BCUT2D eigenvalue weighted by Crippen LogP contribution is 2.10. The number of halogens is 1. The molecule has 0 radical (unpaired) electrons. The van der Waals surface area contributed by atoms with Gasteiger partial charge in [0.25, 0.3) is 0 Å². The minimum atomic E-state index is 0.216. The number of nitrogens with zero attached hydrogens (tertiary/aromatic N) is 2. The Balaban J connectivity index is 2.42. The Morgan fingerprint density at radius 1 is 0.850 bits per heavy atom. The van der Waals surface area contributed by atoms with Gasteiger partial charge in [0.2, 0.25) is 0 Å². The van der Waals surface area contributed by atoms with E-state index in [4.69, 9.17) is 11.6 Å². The molecular weight excluding hydrogens is 268 g/mol. The lowest BCUT2D eigenvalue weighted by Gasteiger charge is -2.04. The Hall–Kier alpha value is -2.19. The molecule has 2 rings (SSSR count). The molecule has 0 spiro atoms. The van der Waals surface area contributed by atoms with Crippen molar-refractivity contribution in [2.24, 2.45) is 9.98 Å². The number of amidine groups is 1. The minimum Gasteiger partial charge on any atom is -0.233 e. The van der Waals surface area contributed by atoms with E-state index in [0.717, 1.165) is 16.8 Å². The monoisotopic (exact) mass is 282 g/mol. The lowest BCUT2D eigenvalue weighted by molar-refractivity contribution is 1.43. The van der Waals surface area contributed by atoms with Gasteiger partial charge < -0.3 is 0 Å². The normalized spacial score (nSPS) is 12.3. The van der Waals surface area contributed by atoms with Crippen LogP contribution in [0.4, 0.5) is 0 Å². The van der Waals surface area contributed by atoms with Crippen LogP contribution >= 0.6 is 11.6 Å². The summed E-state index contributed by atoms with van der Waals surface area (Å²) in [5.41, 5.74) is 2.84. The van der Waals surface area contributed by atoms with Crippen molar-refractivity contribution in [2.45, 2.75) is 6.92 Å². The zero-order valence-corrected chi connectivity index (χ0v) is 12.0. The third-order valence-corrected chi connectivity index (χ3v) is 2.81. The van der Waals surface area contributed by atoms with Gasteiger partial charge in [0.1, 0.15) is 5.16 Å². The first-order valence-electron chi connectivity index (χ1n) is 6.26.